The van der Waals surface area contributed by atoms with Crippen LogP contribution in [0.25, 0.3) is 0 Å². The average Bonchev–Trinajstić information content (AvgIpc) is 2.55. The van der Waals surface area contributed by atoms with Crippen LogP contribution < -0.4 is 5.43 Å². The molecular weight excluding hydrogens is 336 g/mol. The molecule has 0 aromatic heterocycles. The predicted molar refractivity (Wildman–Crippen MR) is 112 cm³/mol. The first-order valence-electron chi connectivity index (χ1n) is 10.2. The highest BCUT2D eigenvalue weighted by Gasteiger charge is 2.26. The Morgan fingerprint density at radius 2 is 1.59 bits per heavy atom. The molecule has 4 heteroatoms. The number of hydrazone groups is 1. The zero-order valence-corrected chi connectivity index (χ0v) is 17.9. The number of rotatable bonds is 4. The van der Waals surface area contributed by atoms with Crippen LogP contribution in [0.2, 0.25) is 0 Å². The number of benzene rings is 1. The van der Waals surface area contributed by atoms with E-state index >= 15 is 0 Å². The first-order chi connectivity index (χ1) is 12.5. The number of hydrogen-bond acceptors (Lipinski definition) is 3. The van der Waals surface area contributed by atoms with Gasteiger partial charge in [0.1, 0.15) is 5.75 Å². The monoisotopic (exact) mass is 372 g/mol. The van der Waals surface area contributed by atoms with Crippen LogP contribution in [0.3, 0.4) is 0 Å². The van der Waals surface area contributed by atoms with Crippen molar-refractivity contribution >= 4 is 12.1 Å². The predicted octanol–water partition coefficient (Wildman–Crippen LogP) is 5.41. The van der Waals surface area contributed by atoms with Gasteiger partial charge in [-0.1, -0.05) is 60.8 Å². The first kappa shape index (κ1) is 21.5. The molecule has 0 aliphatic heterocycles. The Morgan fingerprint density at radius 3 is 2.07 bits per heavy atom. The van der Waals surface area contributed by atoms with Crippen LogP contribution in [0.1, 0.15) is 96.8 Å². The van der Waals surface area contributed by atoms with E-state index < -0.39 is 0 Å². The van der Waals surface area contributed by atoms with Gasteiger partial charge in [-0.15, -0.1) is 0 Å². The van der Waals surface area contributed by atoms with E-state index in [-0.39, 0.29) is 16.7 Å². The number of carbonyl (C=O) groups is 1. The largest absolute Gasteiger partial charge is 0.507 e. The number of aromatic hydroxyl groups is 1. The Bertz CT molecular complexity index is 652. The van der Waals surface area contributed by atoms with Crippen LogP contribution >= 0.6 is 0 Å². The number of phenols is 1. The fourth-order valence-electron chi connectivity index (χ4n) is 3.75. The van der Waals surface area contributed by atoms with Crippen molar-refractivity contribution in [3.63, 3.8) is 0 Å². The van der Waals surface area contributed by atoms with Gasteiger partial charge in [-0.2, -0.15) is 5.10 Å². The molecule has 150 valence electrons. The highest BCUT2D eigenvalue weighted by atomic mass is 16.3. The van der Waals surface area contributed by atoms with Crippen LogP contribution in [-0.4, -0.2) is 17.2 Å². The SMILES string of the molecule is CC(C)(C)c1cc(/C=N\NC(=O)CC2CCCCC2)cc(C(C)(C)C)c1O. The molecule has 0 bridgehead atoms. The third kappa shape index (κ3) is 6.08. The molecule has 1 fully saturated rings. The van der Waals surface area contributed by atoms with Crippen LogP contribution in [0.15, 0.2) is 17.2 Å². The Hall–Kier alpha value is -1.84. The Morgan fingerprint density at radius 1 is 1.07 bits per heavy atom. The minimum Gasteiger partial charge on any atom is -0.507 e. The van der Waals surface area contributed by atoms with Crippen molar-refractivity contribution in [3.8, 4) is 5.75 Å². The summed E-state index contributed by atoms with van der Waals surface area (Å²) in [6.07, 6.45) is 8.32. The summed E-state index contributed by atoms with van der Waals surface area (Å²) in [5.41, 5.74) is 4.99. The molecule has 2 N–H and O–H groups in total. The van der Waals surface area contributed by atoms with E-state index in [4.69, 9.17) is 0 Å². The fourth-order valence-corrected chi connectivity index (χ4v) is 3.75. The van der Waals surface area contributed by atoms with Crippen LogP contribution in [0, 0.1) is 5.92 Å². The lowest BCUT2D eigenvalue weighted by Crippen LogP contribution is -2.22. The van der Waals surface area contributed by atoms with E-state index in [2.05, 4.69) is 52.1 Å². The van der Waals surface area contributed by atoms with Crippen molar-refractivity contribution in [1.82, 2.24) is 5.43 Å². The maximum absolute atomic E-state index is 12.1. The molecule has 0 spiro atoms. The number of amides is 1. The third-order valence-electron chi connectivity index (χ3n) is 5.35. The second-order valence-electron chi connectivity index (χ2n) is 9.97. The second-order valence-corrected chi connectivity index (χ2v) is 9.97. The van der Waals surface area contributed by atoms with E-state index in [1.54, 1.807) is 6.21 Å². The van der Waals surface area contributed by atoms with Crippen LogP contribution in [0.5, 0.6) is 5.75 Å². The lowest BCUT2D eigenvalue weighted by atomic mass is 9.78. The molecule has 0 heterocycles. The van der Waals surface area contributed by atoms with Crippen molar-refractivity contribution in [3.05, 3.63) is 28.8 Å². The normalized spacial score (nSPS) is 16.7. The maximum atomic E-state index is 12.1. The Balaban J connectivity index is 2.15. The molecule has 1 saturated carbocycles. The Kier molecular flexibility index (Phi) is 6.72. The first-order valence-corrected chi connectivity index (χ1v) is 10.2. The molecule has 1 aliphatic rings. The molecule has 0 radical (unpaired) electrons. The summed E-state index contributed by atoms with van der Waals surface area (Å²) < 4.78 is 0. The molecule has 4 nitrogen and oxygen atoms in total. The van der Waals surface area contributed by atoms with Gasteiger partial charge in [0.2, 0.25) is 5.91 Å². The summed E-state index contributed by atoms with van der Waals surface area (Å²) in [6, 6.07) is 3.92. The Labute approximate surface area is 164 Å². The standard InChI is InChI=1S/C23H36N2O2/c1-22(2,3)18-12-17(13-19(21(18)27)23(4,5)6)15-24-25-20(26)14-16-10-8-7-9-11-16/h12-13,15-16,27H,7-11,14H2,1-6H3,(H,25,26)/b24-15-. The summed E-state index contributed by atoms with van der Waals surface area (Å²) in [5, 5.41) is 14.9. The molecular formula is C23H36N2O2. The minimum atomic E-state index is -0.182. The lowest BCUT2D eigenvalue weighted by molar-refractivity contribution is -0.122. The van der Waals surface area contributed by atoms with E-state index in [0.29, 0.717) is 18.1 Å². The molecule has 0 unspecified atom stereocenters. The van der Waals surface area contributed by atoms with Crippen LogP contribution in [0.4, 0.5) is 0 Å². The van der Waals surface area contributed by atoms with Crippen molar-refractivity contribution < 1.29 is 9.90 Å². The number of hydrogen-bond donors (Lipinski definition) is 2. The number of nitrogens with one attached hydrogen (secondary N) is 1. The van der Waals surface area contributed by atoms with Gasteiger partial charge in [-0.05, 0) is 47.3 Å². The third-order valence-corrected chi connectivity index (χ3v) is 5.35. The summed E-state index contributed by atoms with van der Waals surface area (Å²) in [7, 11) is 0. The van der Waals surface area contributed by atoms with Gasteiger partial charge >= 0.3 is 0 Å². The van der Waals surface area contributed by atoms with Gasteiger partial charge in [0, 0.05) is 17.5 Å². The highest BCUT2D eigenvalue weighted by Crippen LogP contribution is 2.39. The maximum Gasteiger partial charge on any atom is 0.240 e. The molecule has 1 aromatic rings. The zero-order chi connectivity index (χ0) is 20.2. The zero-order valence-electron chi connectivity index (χ0n) is 17.9. The lowest BCUT2D eigenvalue weighted by Gasteiger charge is -2.27. The van der Waals surface area contributed by atoms with E-state index in [0.717, 1.165) is 29.5 Å². The van der Waals surface area contributed by atoms with E-state index in [1.165, 1.54) is 19.3 Å². The molecule has 27 heavy (non-hydrogen) atoms. The van der Waals surface area contributed by atoms with Crippen molar-refractivity contribution in [2.75, 3.05) is 0 Å². The molecule has 0 saturated heterocycles. The summed E-state index contributed by atoms with van der Waals surface area (Å²) in [4.78, 5) is 12.1. The number of phenolic OH excluding ortho intramolecular Hbond substituents is 1. The van der Waals surface area contributed by atoms with E-state index in [1.807, 2.05) is 12.1 Å². The molecule has 1 aromatic carbocycles. The summed E-state index contributed by atoms with van der Waals surface area (Å²) in [5.74, 6) is 0.847. The second kappa shape index (κ2) is 8.45. The van der Waals surface area contributed by atoms with Gasteiger partial charge in [-0.25, -0.2) is 5.43 Å². The topological polar surface area (TPSA) is 61.7 Å². The van der Waals surface area contributed by atoms with Crippen LogP contribution in [-0.2, 0) is 15.6 Å². The van der Waals surface area contributed by atoms with E-state index in [9.17, 15) is 9.90 Å². The molecule has 1 aliphatic carbocycles. The van der Waals surface area contributed by atoms with Gasteiger partial charge in [-0.3, -0.25) is 4.79 Å². The molecule has 1 amide bonds. The number of nitrogens with zero attached hydrogens (tertiary/aromatic N) is 1. The van der Waals surface area contributed by atoms with Gasteiger partial charge < -0.3 is 5.11 Å². The summed E-state index contributed by atoms with van der Waals surface area (Å²) in [6.45, 7) is 12.5. The van der Waals surface area contributed by atoms with Gasteiger partial charge in [0.25, 0.3) is 0 Å². The average molecular weight is 373 g/mol. The van der Waals surface area contributed by atoms with Gasteiger partial charge in [0.05, 0.1) is 6.21 Å². The molecule has 2 rings (SSSR count). The van der Waals surface area contributed by atoms with Crippen molar-refractivity contribution in [2.24, 2.45) is 11.0 Å². The van der Waals surface area contributed by atoms with Crippen molar-refractivity contribution in [2.45, 2.75) is 90.9 Å². The smallest absolute Gasteiger partial charge is 0.240 e. The van der Waals surface area contributed by atoms with Crippen molar-refractivity contribution in [1.29, 1.82) is 0 Å². The molecule has 0 atom stereocenters. The summed E-state index contributed by atoms with van der Waals surface area (Å²) >= 11 is 0. The number of carbonyl (C=O) groups excluding carboxylic acids is 1. The fraction of sp³-hybridized carbons (Fsp3) is 0.652. The highest BCUT2D eigenvalue weighted by molar-refractivity contribution is 5.83. The minimum absolute atomic E-state index is 0.0102. The quantitative estimate of drug-likeness (QED) is 0.548. The van der Waals surface area contributed by atoms with Gasteiger partial charge in [0.15, 0.2) is 0 Å².